The summed E-state index contributed by atoms with van der Waals surface area (Å²) in [4.78, 5) is 0. The van der Waals surface area contributed by atoms with Crippen LogP contribution in [-0.2, 0) is 6.42 Å². The van der Waals surface area contributed by atoms with Crippen molar-refractivity contribution >= 4 is 21.6 Å². The van der Waals surface area contributed by atoms with E-state index in [0.29, 0.717) is 6.04 Å². The standard InChI is InChI=1S/C17H18BrNO/c1-20-15-10-13(18)9-14(11-15)19-17-8-4-6-12-5-2-3-7-16(12)17/h2-3,5,7,9-11,17,19H,4,6,8H2,1H3. The first kappa shape index (κ1) is 13.5. The van der Waals surface area contributed by atoms with Crippen molar-refractivity contribution in [1.29, 1.82) is 0 Å². The van der Waals surface area contributed by atoms with E-state index in [1.54, 1.807) is 7.11 Å². The molecule has 1 aliphatic carbocycles. The second-order valence-electron chi connectivity index (χ2n) is 5.17. The molecule has 0 amide bonds. The van der Waals surface area contributed by atoms with Crippen molar-refractivity contribution in [3.63, 3.8) is 0 Å². The Hall–Kier alpha value is -1.48. The molecule has 1 aliphatic rings. The average molecular weight is 332 g/mol. The van der Waals surface area contributed by atoms with Gasteiger partial charge >= 0.3 is 0 Å². The van der Waals surface area contributed by atoms with Crippen LogP contribution in [0.5, 0.6) is 5.75 Å². The number of ether oxygens (including phenoxy) is 1. The summed E-state index contributed by atoms with van der Waals surface area (Å²) >= 11 is 3.53. The number of benzene rings is 2. The smallest absolute Gasteiger partial charge is 0.122 e. The first-order chi connectivity index (χ1) is 9.76. The van der Waals surface area contributed by atoms with Gasteiger partial charge in [0, 0.05) is 16.2 Å². The number of fused-ring (bicyclic) bond motifs is 1. The molecule has 0 heterocycles. The van der Waals surface area contributed by atoms with E-state index >= 15 is 0 Å². The predicted octanol–water partition coefficient (Wildman–Crippen LogP) is 4.95. The highest BCUT2D eigenvalue weighted by Crippen LogP contribution is 2.34. The molecule has 3 rings (SSSR count). The highest BCUT2D eigenvalue weighted by atomic mass is 79.9. The molecular weight excluding hydrogens is 314 g/mol. The first-order valence-corrected chi connectivity index (χ1v) is 7.74. The van der Waals surface area contributed by atoms with Crippen LogP contribution in [0.15, 0.2) is 46.9 Å². The third-order valence-corrected chi connectivity index (χ3v) is 4.28. The Labute approximate surface area is 128 Å². The fourth-order valence-corrected chi connectivity index (χ4v) is 3.34. The molecule has 0 bridgehead atoms. The summed E-state index contributed by atoms with van der Waals surface area (Å²) in [6.07, 6.45) is 3.60. The van der Waals surface area contributed by atoms with Gasteiger partial charge in [0.15, 0.2) is 0 Å². The lowest BCUT2D eigenvalue weighted by atomic mass is 9.87. The van der Waals surface area contributed by atoms with E-state index in [1.165, 1.54) is 30.4 Å². The van der Waals surface area contributed by atoms with E-state index in [9.17, 15) is 0 Å². The van der Waals surface area contributed by atoms with Gasteiger partial charge in [0.05, 0.1) is 13.2 Å². The summed E-state index contributed by atoms with van der Waals surface area (Å²) in [7, 11) is 1.70. The number of methoxy groups -OCH3 is 1. The zero-order valence-electron chi connectivity index (χ0n) is 11.5. The third-order valence-electron chi connectivity index (χ3n) is 3.82. The quantitative estimate of drug-likeness (QED) is 0.859. The van der Waals surface area contributed by atoms with Gasteiger partial charge in [-0.1, -0.05) is 40.2 Å². The maximum Gasteiger partial charge on any atom is 0.122 e. The van der Waals surface area contributed by atoms with Gasteiger partial charge in [-0.05, 0) is 42.5 Å². The van der Waals surface area contributed by atoms with Gasteiger partial charge in [-0.15, -0.1) is 0 Å². The van der Waals surface area contributed by atoms with Crippen molar-refractivity contribution < 1.29 is 4.74 Å². The summed E-state index contributed by atoms with van der Waals surface area (Å²) in [6, 6.07) is 15.2. The van der Waals surface area contributed by atoms with Crippen LogP contribution in [0.3, 0.4) is 0 Å². The molecule has 0 saturated carbocycles. The Balaban J connectivity index is 1.87. The van der Waals surface area contributed by atoms with Gasteiger partial charge < -0.3 is 10.1 Å². The van der Waals surface area contributed by atoms with Crippen LogP contribution >= 0.6 is 15.9 Å². The van der Waals surface area contributed by atoms with Crippen LogP contribution in [0.1, 0.15) is 30.0 Å². The van der Waals surface area contributed by atoms with Gasteiger partial charge in [-0.25, -0.2) is 0 Å². The molecular formula is C17H18BrNO. The van der Waals surface area contributed by atoms with E-state index in [-0.39, 0.29) is 0 Å². The van der Waals surface area contributed by atoms with Crippen LogP contribution in [0.25, 0.3) is 0 Å². The molecule has 3 heteroatoms. The fourth-order valence-electron chi connectivity index (χ4n) is 2.87. The average Bonchev–Trinajstić information content (AvgIpc) is 2.47. The molecule has 0 saturated heterocycles. The van der Waals surface area contributed by atoms with Gasteiger partial charge in [0.2, 0.25) is 0 Å². The summed E-state index contributed by atoms with van der Waals surface area (Å²) in [5, 5.41) is 3.64. The Bertz CT molecular complexity index is 612. The van der Waals surface area contributed by atoms with Crippen molar-refractivity contribution in [1.82, 2.24) is 0 Å². The molecule has 1 atom stereocenters. The van der Waals surface area contributed by atoms with E-state index in [4.69, 9.17) is 4.74 Å². The molecule has 0 aromatic heterocycles. The molecule has 2 nitrogen and oxygen atoms in total. The molecule has 0 radical (unpaired) electrons. The van der Waals surface area contributed by atoms with Crippen molar-refractivity contribution in [3.8, 4) is 5.75 Å². The molecule has 0 spiro atoms. The molecule has 0 aliphatic heterocycles. The number of aryl methyl sites for hydroxylation is 1. The number of anilines is 1. The lowest BCUT2D eigenvalue weighted by Gasteiger charge is -2.27. The maximum atomic E-state index is 5.32. The van der Waals surface area contributed by atoms with Crippen molar-refractivity contribution in [3.05, 3.63) is 58.1 Å². The third kappa shape index (κ3) is 2.83. The molecule has 2 aromatic rings. The van der Waals surface area contributed by atoms with E-state index in [0.717, 1.165) is 15.9 Å². The highest BCUT2D eigenvalue weighted by molar-refractivity contribution is 9.10. The minimum absolute atomic E-state index is 0.388. The summed E-state index contributed by atoms with van der Waals surface area (Å²) in [5.74, 6) is 0.867. The number of hydrogen-bond donors (Lipinski definition) is 1. The zero-order valence-corrected chi connectivity index (χ0v) is 13.1. The topological polar surface area (TPSA) is 21.3 Å². The van der Waals surface area contributed by atoms with Crippen LogP contribution in [0.2, 0.25) is 0 Å². The highest BCUT2D eigenvalue weighted by Gasteiger charge is 2.19. The summed E-state index contributed by atoms with van der Waals surface area (Å²) in [6.45, 7) is 0. The van der Waals surface area contributed by atoms with Crippen molar-refractivity contribution in [2.24, 2.45) is 0 Å². The largest absolute Gasteiger partial charge is 0.497 e. The monoisotopic (exact) mass is 331 g/mol. The van der Waals surface area contributed by atoms with Crippen LogP contribution in [0, 0.1) is 0 Å². The van der Waals surface area contributed by atoms with E-state index in [1.807, 2.05) is 12.1 Å². The minimum Gasteiger partial charge on any atom is -0.497 e. The molecule has 2 aromatic carbocycles. The number of halogens is 1. The van der Waals surface area contributed by atoms with E-state index < -0.39 is 0 Å². The lowest BCUT2D eigenvalue weighted by molar-refractivity contribution is 0.414. The van der Waals surface area contributed by atoms with Crippen molar-refractivity contribution in [2.45, 2.75) is 25.3 Å². The van der Waals surface area contributed by atoms with Crippen molar-refractivity contribution in [2.75, 3.05) is 12.4 Å². The Morgan fingerprint density at radius 3 is 2.90 bits per heavy atom. The molecule has 0 fully saturated rings. The second-order valence-corrected chi connectivity index (χ2v) is 6.08. The zero-order chi connectivity index (χ0) is 13.9. The van der Waals surface area contributed by atoms with E-state index in [2.05, 4.69) is 51.6 Å². The summed E-state index contributed by atoms with van der Waals surface area (Å²) in [5.41, 5.74) is 3.99. The minimum atomic E-state index is 0.388. The normalized spacial score (nSPS) is 17.4. The molecule has 1 unspecified atom stereocenters. The van der Waals surface area contributed by atoms with Crippen LogP contribution in [-0.4, -0.2) is 7.11 Å². The second kappa shape index (κ2) is 5.88. The van der Waals surface area contributed by atoms with Gasteiger partial charge in [0.1, 0.15) is 5.75 Å². The van der Waals surface area contributed by atoms with Crippen LogP contribution < -0.4 is 10.1 Å². The predicted molar refractivity (Wildman–Crippen MR) is 86.4 cm³/mol. The Morgan fingerprint density at radius 2 is 2.05 bits per heavy atom. The Kier molecular flexibility index (Phi) is 3.97. The fraction of sp³-hybridized carbons (Fsp3) is 0.294. The van der Waals surface area contributed by atoms with Gasteiger partial charge in [-0.3, -0.25) is 0 Å². The number of hydrogen-bond acceptors (Lipinski definition) is 2. The SMILES string of the molecule is COc1cc(Br)cc(NC2CCCc3ccccc32)c1. The number of nitrogens with one attached hydrogen (secondary N) is 1. The molecule has 20 heavy (non-hydrogen) atoms. The van der Waals surface area contributed by atoms with Gasteiger partial charge in [0.25, 0.3) is 0 Å². The first-order valence-electron chi connectivity index (χ1n) is 6.95. The summed E-state index contributed by atoms with van der Waals surface area (Å²) < 4.78 is 6.36. The molecule has 104 valence electrons. The maximum absolute atomic E-state index is 5.32. The Morgan fingerprint density at radius 1 is 1.20 bits per heavy atom. The van der Waals surface area contributed by atoms with Gasteiger partial charge in [-0.2, -0.15) is 0 Å². The van der Waals surface area contributed by atoms with Crippen LogP contribution in [0.4, 0.5) is 5.69 Å². The lowest BCUT2D eigenvalue weighted by Crippen LogP contribution is -2.17. The molecule has 1 N–H and O–H groups in total. The number of rotatable bonds is 3.